The molecule has 0 aliphatic heterocycles. The molecule has 2 nitrogen and oxygen atoms in total. The van der Waals surface area contributed by atoms with Crippen LogP contribution in [-0.2, 0) is 12.8 Å². The third-order valence-electron chi connectivity index (χ3n) is 2.93. The summed E-state index contributed by atoms with van der Waals surface area (Å²) in [6.07, 6.45) is 0.723. The molecule has 0 fully saturated rings. The molecule has 20 heavy (non-hydrogen) atoms. The van der Waals surface area contributed by atoms with E-state index in [1.54, 1.807) is 23.5 Å². The molecule has 0 saturated heterocycles. The van der Waals surface area contributed by atoms with Crippen molar-refractivity contribution >= 4 is 11.3 Å². The number of ether oxygens (including phenoxy) is 1. The first-order chi connectivity index (χ1) is 9.58. The zero-order chi connectivity index (χ0) is 14.5. The summed E-state index contributed by atoms with van der Waals surface area (Å²) in [6.45, 7) is -0.774. The lowest BCUT2D eigenvalue weighted by atomic mass is 10.1. The SMILES string of the molecule is CCc1ccc(CC(O)c2cccc(OC(F)F)c2)s1. The van der Waals surface area contributed by atoms with Crippen molar-refractivity contribution in [2.75, 3.05) is 0 Å². The Morgan fingerprint density at radius 1 is 1.20 bits per heavy atom. The number of thiophene rings is 1. The Morgan fingerprint density at radius 2 is 1.95 bits per heavy atom. The first kappa shape index (κ1) is 14.9. The first-order valence-electron chi connectivity index (χ1n) is 6.39. The number of aryl methyl sites for hydroxylation is 1. The predicted molar refractivity (Wildman–Crippen MR) is 75.4 cm³/mol. The van der Waals surface area contributed by atoms with E-state index in [0.29, 0.717) is 12.0 Å². The van der Waals surface area contributed by atoms with E-state index in [1.807, 2.05) is 12.1 Å². The second kappa shape index (κ2) is 6.81. The first-order valence-corrected chi connectivity index (χ1v) is 7.20. The fraction of sp³-hybridized carbons (Fsp3) is 0.333. The van der Waals surface area contributed by atoms with Gasteiger partial charge in [0.25, 0.3) is 0 Å². The highest BCUT2D eigenvalue weighted by molar-refractivity contribution is 7.11. The van der Waals surface area contributed by atoms with Crippen molar-refractivity contribution in [3.05, 3.63) is 51.7 Å². The summed E-state index contributed by atoms with van der Waals surface area (Å²) in [6, 6.07) is 10.2. The zero-order valence-corrected chi connectivity index (χ0v) is 11.9. The average Bonchev–Trinajstić information content (AvgIpc) is 2.86. The van der Waals surface area contributed by atoms with E-state index < -0.39 is 12.7 Å². The van der Waals surface area contributed by atoms with Crippen molar-refractivity contribution in [2.24, 2.45) is 0 Å². The number of rotatable bonds is 6. The lowest BCUT2D eigenvalue weighted by Gasteiger charge is -2.12. The summed E-state index contributed by atoms with van der Waals surface area (Å²) in [5, 5.41) is 10.2. The maximum atomic E-state index is 12.2. The molecule has 1 N–H and O–H groups in total. The van der Waals surface area contributed by atoms with Gasteiger partial charge in [-0.3, -0.25) is 0 Å². The molecule has 1 aromatic carbocycles. The summed E-state index contributed by atoms with van der Waals surface area (Å²) in [4.78, 5) is 2.34. The van der Waals surface area contributed by atoms with Crippen LogP contribution in [0.4, 0.5) is 8.78 Å². The molecular weight excluding hydrogens is 282 g/mol. The standard InChI is InChI=1S/C15H16F2O2S/c1-2-12-6-7-13(20-12)9-14(18)10-4-3-5-11(8-10)19-15(16)17/h3-8,14-15,18H,2,9H2,1H3. The molecule has 1 atom stereocenters. The van der Waals surface area contributed by atoms with Gasteiger partial charge in [0, 0.05) is 16.2 Å². The van der Waals surface area contributed by atoms with E-state index in [2.05, 4.69) is 11.7 Å². The molecule has 0 aliphatic rings. The summed E-state index contributed by atoms with van der Waals surface area (Å²) in [5.74, 6) is 0.0666. The normalized spacial score (nSPS) is 12.7. The number of hydrogen-bond donors (Lipinski definition) is 1. The summed E-state index contributed by atoms with van der Waals surface area (Å²) in [7, 11) is 0. The Hall–Kier alpha value is -1.46. The lowest BCUT2D eigenvalue weighted by molar-refractivity contribution is -0.0499. The van der Waals surface area contributed by atoms with Gasteiger partial charge in [-0.2, -0.15) is 8.78 Å². The van der Waals surface area contributed by atoms with Crippen LogP contribution in [0.25, 0.3) is 0 Å². The van der Waals surface area contributed by atoms with Crippen LogP contribution in [-0.4, -0.2) is 11.7 Å². The molecule has 108 valence electrons. The van der Waals surface area contributed by atoms with Crippen molar-refractivity contribution in [1.29, 1.82) is 0 Å². The minimum atomic E-state index is -2.85. The molecule has 0 amide bonds. The molecule has 0 bridgehead atoms. The summed E-state index contributed by atoms with van der Waals surface area (Å²) in [5.41, 5.74) is 0.578. The molecule has 0 radical (unpaired) electrons. The monoisotopic (exact) mass is 298 g/mol. The average molecular weight is 298 g/mol. The highest BCUT2D eigenvalue weighted by Gasteiger charge is 2.12. The maximum absolute atomic E-state index is 12.2. The van der Waals surface area contributed by atoms with Gasteiger partial charge in [0.15, 0.2) is 0 Å². The Labute approximate surface area is 120 Å². The number of halogens is 2. The highest BCUT2D eigenvalue weighted by Crippen LogP contribution is 2.26. The minimum absolute atomic E-state index is 0.0666. The fourth-order valence-electron chi connectivity index (χ4n) is 1.93. The molecule has 1 aromatic heterocycles. The van der Waals surface area contributed by atoms with Crippen molar-refractivity contribution in [1.82, 2.24) is 0 Å². The molecule has 1 unspecified atom stereocenters. The van der Waals surface area contributed by atoms with Crippen LogP contribution < -0.4 is 4.74 Å². The molecule has 0 aliphatic carbocycles. The summed E-state index contributed by atoms with van der Waals surface area (Å²) >= 11 is 1.66. The van der Waals surface area contributed by atoms with E-state index in [9.17, 15) is 13.9 Å². The number of aliphatic hydroxyl groups excluding tert-OH is 1. The number of hydrogen-bond acceptors (Lipinski definition) is 3. The maximum Gasteiger partial charge on any atom is 0.387 e. The minimum Gasteiger partial charge on any atom is -0.435 e. The van der Waals surface area contributed by atoms with Gasteiger partial charge in [-0.05, 0) is 36.2 Å². The second-order valence-electron chi connectivity index (χ2n) is 4.39. The van der Waals surface area contributed by atoms with Crippen LogP contribution >= 0.6 is 11.3 Å². The summed E-state index contributed by atoms with van der Waals surface area (Å²) < 4.78 is 28.7. The van der Waals surface area contributed by atoms with Gasteiger partial charge in [0.05, 0.1) is 6.10 Å². The van der Waals surface area contributed by atoms with Gasteiger partial charge < -0.3 is 9.84 Å². The molecular formula is C15H16F2O2S. The quantitative estimate of drug-likeness (QED) is 0.866. The lowest BCUT2D eigenvalue weighted by Crippen LogP contribution is -2.04. The molecule has 5 heteroatoms. The number of aliphatic hydroxyl groups is 1. The largest absolute Gasteiger partial charge is 0.435 e. The Balaban J connectivity index is 2.06. The molecule has 2 aromatic rings. The van der Waals surface area contributed by atoms with Crippen LogP contribution in [0.5, 0.6) is 5.75 Å². The predicted octanol–water partition coefficient (Wildman–Crippen LogP) is 4.19. The van der Waals surface area contributed by atoms with Crippen molar-refractivity contribution in [3.63, 3.8) is 0 Å². The topological polar surface area (TPSA) is 29.5 Å². The van der Waals surface area contributed by atoms with Gasteiger partial charge in [0.1, 0.15) is 5.75 Å². The fourth-order valence-corrected chi connectivity index (χ4v) is 2.92. The van der Waals surface area contributed by atoms with E-state index >= 15 is 0 Å². The number of alkyl halides is 2. The number of benzene rings is 1. The third kappa shape index (κ3) is 4.02. The van der Waals surface area contributed by atoms with Crippen molar-refractivity contribution in [3.8, 4) is 5.75 Å². The van der Waals surface area contributed by atoms with Gasteiger partial charge in [-0.25, -0.2) is 0 Å². The Morgan fingerprint density at radius 3 is 2.60 bits per heavy atom. The molecule has 2 rings (SSSR count). The molecule has 0 saturated carbocycles. The molecule has 1 heterocycles. The second-order valence-corrected chi connectivity index (χ2v) is 5.65. The van der Waals surface area contributed by atoms with E-state index in [1.165, 1.54) is 17.0 Å². The Bertz CT molecular complexity index is 554. The zero-order valence-electron chi connectivity index (χ0n) is 11.1. The van der Waals surface area contributed by atoms with Crippen LogP contribution in [0, 0.1) is 0 Å². The van der Waals surface area contributed by atoms with Gasteiger partial charge in [-0.15, -0.1) is 11.3 Å². The van der Waals surface area contributed by atoms with E-state index in [4.69, 9.17) is 0 Å². The smallest absolute Gasteiger partial charge is 0.387 e. The van der Waals surface area contributed by atoms with E-state index in [-0.39, 0.29) is 5.75 Å². The third-order valence-corrected chi connectivity index (χ3v) is 4.18. The molecule has 0 spiro atoms. The van der Waals surface area contributed by atoms with Gasteiger partial charge in [-0.1, -0.05) is 19.1 Å². The van der Waals surface area contributed by atoms with Crippen molar-refractivity contribution < 1.29 is 18.6 Å². The van der Waals surface area contributed by atoms with Crippen LogP contribution in [0.3, 0.4) is 0 Å². The van der Waals surface area contributed by atoms with Crippen LogP contribution in [0.2, 0.25) is 0 Å². The highest BCUT2D eigenvalue weighted by atomic mass is 32.1. The van der Waals surface area contributed by atoms with Crippen LogP contribution in [0.1, 0.15) is 28.3 Å². The van der Waals surface area contributed by atoms with Crippen molar-refractivity contribution in [2.45, 2.75) is 32.5 Å². The van der Waals surface area contributed by atoms with Gasteiger partial charge in [0.2, 0.25) is 0 Å². The van der Waals surface area contributed by atoms with Gasteiger partial charge >= 0.3 is 6.61 Å². The Kier molecular flexibility index (Phi) is 5.09. The van der Waals surface area contributed by atoms with Crippen LogP contribution in [0.15, 0.2) is 36.4 Å². The van der Waals surface area contributed by atoms with E-state index in [0.717, 1.165) is 11.3 Å².